The van der Waals surface area contributed by atoms with Gasteiger partial charge in [-0.2, -0.15) is 0 Å². The highest BCUT2D eigenvalue weighted by Crippen LogP contribution is 2.32. The van der Waals surface area contributed by atoms with Gasteiger partial charge in [-0.25, -0.2) is 0 Å². The highest BCUT2D eigenvalue weighted by atomic mass is 16.6. The molecule has 0 saturated carbocycles. The van der Waals surface area contributed by atoms with Gasteiger partial charge in [0.05, 0.1) is 12.7 Å². The van der Waals surface area contributed by atoms with Crippen molar-refractivity contribution in [1.29, 1.82) is 0 Å². The van der Waals surface area contributed by atoms with Crippen molar-refractivity contribution >= 4 is 12.6 Å². The molecule has 17 heavy (non-hydrogen) atoms. The average molecular weight is 234 g/mol. The van der Waals surface area contributed by atoms with Crippen molar-refractivity contribution in [3.8, 4) is 5.75 Å². The smallest absolute Gasteiger partial charge is 0.491 e. The third kappa shape index (κ3) is 1.75. The zero-order valence-electron chi connectivity index (χ0n) is 9.76. The van der Waals surface area contributed by atoms with E-state index in [1.165, 1.54) is 0 Å². The molecule has 0 aliphatic carbocycles. The fourth-order valence-electron chi connectivity index (χ4n) is 2.42. The predicted molar refractivity (Wildman–Crippen MR) is 63.4 cm³/mol. The van der Waals surface area contributed by atoms with E-state index in [1.54, 1.807) is 0 Å². The molecular formula is C12H15BO4. The van der Waals surface area contributed by atoms with Crippen LogP contribution in [-0.4, -0.2) is 31.5 Å². The van der Waals surface area contributed by atoms with Gasteiger partial charge in [0.15, 0.2) is 0 Å². The molecule has 1 N–H and O–H groups in total. The number of hydrogen-bond acceptors (Lipinski definition) is 4. The molecule has 1 aromatic rings. The minimum Gasteiger partial charge on any atom is -0.491 e. The highest BCUT2D eigenvalue weighted by molar-refractivity contribution is 6.64. The van der Waals surface area contributed by atoms with E-state index in [2.05, 4.69) is 13.0 Å². The maximum atomic E-state index is 9.19. The second-order valence-corrected chi connectivity index (χ2v) is 4.38. The Morgan fingerprint density at radius 1 is 1.41 bits per heavy atom. The van der Waals surface area contributed by atoms with Crippen LogP contribution >= 0.6 is 0 Å². The Bertz CT molecular complexity index is 423. The molecule has 90 valence electrons. The number of aliphatic hydroxyl groups excluding tert-OH is 1. The van der Waals surface area contributed by atoms with Crippen LogP contribution in [0.1, 0.15) is 25.0 Å². The van der Waals surface area contributed by atoms with Gasteiger partial charge in [-0.15, -0.1) is 0 Å². The lowest BCUT2D eigenvalue weighted by molar-refractivity contribution is 0.0483. The van der Waals surface area contributed by atoms with Crippen molar-refractivity contribution in [2.24, 2.45) is 0 Å². The third-order valence-electron chi connectivity index (χ3n) is 3.29. The van der Waals surface area contributed by atoms with Crippen molar-refractivity contribution in [3.63, 3.8) is 0 Å². The molecule has 0 amide bonds. The molecule has 1 aromatic carbocycles. The largest absolute Gasteiger partial charge is 0.498 e. The summed E-state index contributed by atoms with van der Waals surface area (Å²) in [4.78, 5) is 0. The molecule has 0 saturated heterocycles. The highest BCUT2D eigenvalue weighted by Gasteiger charge is 2.42. The molecule has 2 atom stereocenters. The second kappa shape index (κ2) is 4.33. The minimum absolute atomic E-state index is 0.0556. The van der Waals surface area contributed by atoms with Crippen LogP contribution in [-0.2, 0) is 9.31 Å². The molecule has 2 aliphatic heterocycles. The topological polar surface area (TPSA) is 47.9 Å². The number of rotatable bonds is 2. The van der Waals surface area contributed by atoms with E-state index >= 15 is 0 Å². The summed E-state index contributed by atoms with van der Waals surface area (Å²) in [5.74, 6) is 0.819. The summed E-state index contributed by atoms with van der Waals surface area (Å²) >= 11 is 0. The van der Waals surface area contributed by atoms with Gasteiger partial charge in [0, 0.05) is 5.46 Å². The van der Waals surface area contributed by atoms with Crippen LogP contribution in [0.2, 0.25) is 0 Å². The Balaban J connectivity index is 2.02. The van der Waals surface area contributed by atoms with Crippen molar-refractivity contribution in [2.45, 2.75) is 25.6 Å². The lowest BCUT2D eigenvalue weighted by Crippen LogP contribution is -2.36. The summed E-state index contributed by atoms with van der Waals surface area (Å²) in [5.41, 5.74) is 2.14. The Morgan fingerprint density at radius 2 is 2.29 bits per heavy atom. The third-order valence-corrected chi connectivity index (χ3v) is 3.29. The molecule has 4 nitrogen and oxygen atoms in total. The first-order valence-electron chi connectivity index (χ1n) is 6.01. The fourth-order valence-corrected chi connectivity index (χ4v) is 2.42. The van der Waals surface area contributed by atoms with Crippen molar-refractivity contribution in [1.82, 2.24) is 0 Å². The van der Waals surface area contributed by atoms with Gasteiger partial charge >= 0.3 is 7.12 Å². The summed E-state index contributed by atoms with van der Waals surface area (Å²) in [6, 6.07) is 5.96. The molecule has 0 aromatic heterocycles. The van der Waals surface area contributed by atoms with E-state index in [0.717, 1.165) is 23.2 Å². The van der Waals surface area contributed by atoms with Gasteiger partial charge in [-0.3, -0.25) is 0 Å². The van der Waals surface area contributed by atoms with Crippen LogP contribution in [0.25, 0.3) is 0 Å². The van der Waals surface area contributed by atoms with E-state index in [1.807, 2.05) is 12.1 Å². The van der Waals surface area contributed by atoms with Gasteiger partial charge in [0.1, 0.15) is 18.5 Å². The first-order valence-corrected chi connectivity index (χ1v) is 6.01. The number of aliphatic hydroxyl groups is 1. The predicted octanol–water partition coefficient (Wildman–Crippen LogP) is 0.633. The van der Waals surface area contributed by atoms with E-state index in [4.69, 9.17) is 14.0 Å². The summed E-state index contributed by atoms with van der Waals surface area (Å²) in [5, 5.41) is 9.19. The average Bonchev–Trinajstić information content (AvgIpc) is 2.61. The van der Waals surface area contributed by atoms with Gasteiger partial charge in [0.25, 0.3) is 0 Å². The van der Waals surface area contributed by atoms with Crippen molar-refractivity contribution in [2.75, 3.05) is 13.2 Å². The molecule has 0 spiro atoms. The van der Waals surface area contributed by atoms with E-state index in [0.29, 0.717) is 6.61 Å². The Kier molecular flexibility index (Phi) is 2.82. The lowest BCUT2D eigenvalue weighted by Gasteiger charge is -2.16. The minimum atomic E-state index is -0.397. The standard InChI is InChI=1S/C12H15BO4/c1-2-10-9-4-3-5-11-12(9)13(17-10)16-8(6-14)7-15-11/h3-5,8,10,14H,2,6-7H2,1H3/t8-,10?/m1/s1. The lowest BCUT2D eigenvalue weighted by atomic mass is 9.77. The Labute approximate surface area is 101 Å². The molecule has 0 radical (unpaired) electrons. The molecule has 2 aliphatic rings. The molecule has 1 unspecified atom stereocenters. The second-order valence-electron chi connectivity index (χ2n) is 4.38. The molecule has 0 fully saturated rings. The summed E-state index contributed by atoms with van der Waals surface area (Å²) < 4.78 is 17.3. The zero-order chi connectivity index (χ0) is 11.8. The van der Waals surface area contributed by atoms with Crippen LogP contribution in [0.4, 0.5) is 0 Å². The van der Waals surface area contributed by atoms with Gasteiger partial charge in [-0.05, 0) is 18.1 Å². The van der Waals surface area contributed by atoms with Gasteiger partial charge < -0.3 is 19.2 Å². The molecule has 3 rings (SSSR count). The SMILES string of the molecule is CCC1OB2O[C@H](CO)COc3cccc1c32. The van der Waals surface area contributed by atoms with Crippen LogP contribution < -0.4 is 10.2 Å². The van der Waals surface area contributed by atoms with Gasteiger partial charge in [0.2, 0.25) is 0 Å². The molecule has 5 heteroatoms. The van der Waals surface area contributed by atoms with E-state index in [9.17, 15) is 5.11 Å². The number of hydrogen-bond donors (Lipinski definition) is 1. The maximum Gasteiger partial charge on any atom is 0.498 e. The monoisotopic (exact) mass is 234 g/mol. The first-order chi connectivity index (χ1) is 8.33. The van der Waals surface area contributed by atoms with Gasteiger partial charge in [-0.1, -0.05) is 19.1 Å². The zero-order valence-corrected chi connectivity index (χ0v) is 9.76. The summed E-state index contributed by atoms with van der Waals surface area (Å²) in [6.45, 7) is 2.39. The van der Waals surface area contributed by atoms with E-state index < -0.39 is 7.12 Å². The number of benzene rings is 1. The summed E-state index contributed by atoms with van der Waals surface area (Å²) in [6.07, 6.45) is 0.645. The first kappa shape index (κ1) is 11.1. The summed E-state index contributed by atoms with van der Waals surface area (Å²) in [7, 11) is -0.397. The van der Waals surface area contributed by atoms with Crippen molar-refractivity contribution < 1.29 is 19.2 Å². The normalized spacial score (nSPS) is 26.4. The Hall–Kier alpha value is -1.04. The Morgan fingerprint density at radius 3 is 3.06 bits per heavy atom. The quantitative estimate of drug-likeness (QED) is 0.762. The maximum absolute atomic E-state index is 9.19. The van der Waals surface area contributed by atoms with Crippen LogP contribution in [0.15, 0.2) is 18.2 Å². The fraction of sp³-hybridized carbons (Fsp3) is 0.500. The van der Waals surface area contributed by atoms with Crippen molar-refractivity contribution in [3.05, 3.63) is 23.8 Å². The van der Waals surface area contributed by atoms with Crippen LogP contribution in [0.3, 0.4) is 0 Å². The van der Waals surface area contributed by atoms with Crippen LogP contribution in [0, 0.1) is 0 Å². The molecule has 2 heterocycles. The van der Waals surface area contributed by atoms with E-state index in [-0.39, 0.29) is 18.8 Å². The number of ether oxygens (including phenoxy) is 1. The molecular weight excluding hydrogens is 219 g/mol. The van der Waals surface area contributed by atoms with Crippen LogP contribution in [0.5, 0.6) is 5.75 Å². The molecule has 0 bridgehead atoms.